The Balaban J connectivity index is 1.30. The van der Waals surface area contributed by atoms with Gasteiger partial charge in [0, 0.05) is 42.1 Å². The second-order valence-corrected chi connectivity index (χ2v) is 15.9. The maximum absolute atomic E-state index is 15.2. The van der Waals surface area contributed by atoms with E-state index in [4.69, 9.17) is 9.47 Å². The number of alkyl halides is 3. The van der Waals surface area contributed by atoms with Crippen LogP contribution < -0.4 is 9.80 Å². The molecule has 1 atom stereocenters. The summed E-state index contributed by atoms with van der Waals surface area (Å²) >= 11 is 0. The van der Waals surface area contributed by atoms with Crippen LogP contribution in [0.3, 0.4) is 0 Å². The SMILES string of the molecule is CCN(CC)c1ccc(/C=C(\C#N)C(=O)OCCN(CC)c2ccc(/C=C/C3=CC(=C\C=C\C4=C(C#N)C(=C(C#N)C#N)OC4(c4ccccc4)C(F)(F)F)/CC(C)(C)C3)cc2)cc1. The molecule has 2 aliphatic rings. The summed E-state index contributed by atoms with van der Waals surface area (Å²) in [6.45, 7) is 13.3. The molecule has 0 spiro atoms. The fourth-order valence-corrected chi connectivity index (χ4v) is 7.89. The van der Waals surface area contributed by atoms with Gasteiger partial charge in [0.25, 0.3) is 5.60 Å². The number of ether oxygens (including phenoxy) is 2. The van der Waals surface area contributed by atoms with Crippen molar-refractivity contribution >= 4 is 29.5 Å². The first-order valence-electron chi connectivity index (χ1n) is 20.9. The molecule has 0 aromatic heterocycles. The zero-order valence-electron chi connectivity index (χ0n) is 36.5. The van der Waals surface area contributed by atoms with Crippen LogP contribution in [0.25, 0.3) is 12.2 Å². The molecule has 64 heavy (non-hydrogen) atoms. The van der Waals surface area contributed by atoms with E-state index in [0.29, 0.717) is 19.5 Å². The number of anilines is 2. The minimum Gasteiger partial charge on any atom is -0.465 e. The van der Waals surface area contributed by atoms with Crippen molar-refractivity contribution < 1.29 is 27.4 Å². The van der Waals surface area contributed by atoms with E-state index in [9.17, 15) is 25.8 Å². The summed E-state index contributed by atoms with van der Waals surface area (Å²) in [6.07, 6.45) is 8.15. The van der Waals surface area contributed by atoms with Gasteiger partial charge < -0.3 is 19.3 Å². The first kappa shape index (κ1) is 47.5. The van der Waals surface area contributed by atoms with Crippen molar-refractivity contribution in [2.45, 2.75) is 59.2 Å². The summed E-state index contributed by atoms with van der Waals surface area (Å²) in [6, 6.07) is 29.3. The Labute approximate surface area is 373 Å². The number of hydrogen-bond donors (Lipinski definition) is 0. The topological polar surface area (TPSA) is 137 Å². The molecule has 0 bridgehead atoms. The second-order valence-electron chi connectivity index (χ2n) is 15.9. The van der Waals surface area contributed by atoms with E-state index in [2.05, 4.69) is 37.5 Å². The van der Waals surface area contributed by atoms with Crippen LogP contribution in [-0.4, -0.2) is 44.9 Å². The number of carbonyl (C=O) groups is 1. The first-order chi connectivity index (χ1) is 30.7. The fourth-order valence-electron chi connectivity index (χ4n) is 7.89. The van der Waals surface area contributed by atoms with Gasteiger partial charge in [0.1, 0.15) is 42.0 Å². The number of hydrogen-bond acceptors (Lipinski definition) is 9. The Morgan fingerprint density at radius 2 is 1.41 bits per heavy atom. The van der Waals surface area contributed by atoms with Gasteiger partial charge in [0.15, 0.2) is 11.3 Å². The largest absolute Gasteiger partial charge is 0.465 e. The fraction of sp³-hybridized carbons (Fsp3) is 0.288. The molecule has 0 radical (unpaired) electrons. The van der Waals surface area contributed by atoms with Gasteiger partial charge in [0.2, 0.25) is 0 Å². The summed E-state index contributed by atoms with van der Waals surface area (Å²) in [4.78, 5) is 17.1. The molecular weight excluding hydrogens is 814 g/mol. The Hall–Kier alpha value is -7.54. The quantitative estimate of drug-likeness (QED) is 0.0830. The average Bonchev–Trinajstić information content (AvgIpc) is 3.62. The van der Waals surface area contributed by atoms with E-state index in [1.54, 1.807) is 30.4 Å². The van der Waals surface area contributed by atoms with E-state index in [1.807, 2.05) is 79.8 Å². The van der Waals surface area contributed by atoms with Crippen LogP contribution in [0.1, 0.15) is 64.2 Å². The maximum atomic E-state index is 15.2. The molecule has 0 fully saturated rings. The van der Waals surface area contributed by atoms with E-state index in [0.717, 1.165) is 53.2 Å². The Morgan fingerprint density at radius 1 is 0.797 bits per heavy atom. The third-order valence-electron chi connectivity index (χ3n) is 11.0. The number of esters is 1. The highest BCUT2D eigenvalue weighted by Crippen LogP contribution is 2.56. The smallest absolute Gasteiger partial charge is 0.437 e. The van der Waals surface area contributed by atoms with E-state index in [-0.39, 0.29) is 23.2 Å². The lowest BCUT2D eigenvalue weighted by molar-refractivity contribution is -0.249. The van der Waals surface area contributed by atoms with Gasteiger partial charge in [-0.2, -0.15) is 34.2 Å². The highest BCUT2D eigenvalue weighted by Gasteiger charge is 2.65. The van der Waals surface area contributed by atoms with Gasteiger partial charge in [-0.25, -0.2) is 4.79 Å². The van der Waals surface area contributed by atoms with Crippen LogP contribution in [0.5, 0.6) is 0 Å². The molecule has 1 heterocycles. The maximum Gasteiger partial charge on any atom is 0.437 e. The number of halogens is 3. The lowest BCUT2D eigenvalue weighted by Crippen LogP contribution is -2.43. The summed E-state index contributed by atoms with van der Waals surface area (Å²) in [7, 11) is 0. The third kappa shape index (κ3) is 10.9. The molecule has 0 N–H and O–H groups in total. The lowest BCUT2D eigenvalue weighted by atomic mass is 9.75. The van der Waals surface area contributed by atoms with Crippen LogP contribution in [0.15, 0.2) is 148 Å². The average molecular weight is 863 g/mol. The van der Waals surface area contributed by atoms with E-state index in [1.165, 1.54) is 42.5 Å². The van der Waals surface area contributed by atoms with Crippen LogP contribution in [0, 0.1) is 50.7 Å². The highest BCUT2D eigenvalue weighted by atomic mass is 19.4. The van der Waals surface area contributed by atoms with Gasteiger partial charge in [-0.05, 0) is 91.6 Å². The number of nitrogens with zero attached hydrogens (tertiary/aromatic N) is 6. The summed E-state index contributed by atoms with van der Waals surface area (Å²) in [5.74, 6) is -1.39. The highest BCUT2D eigenvalue weighted by molar-refractivity contribution is 5.98. The van der Waals surface area contributed by atoms with E-state index >= 15 is 13.2 Å². The van der Waals surface area contributed by atoms with Gasteiger partial charge in [0.05, 0.1) is 6.54 Å². The van der Waals surface area contributed by atoms with Crippen LogP contribution in [0.2, 0.25) is 0 Å². The molecule has 1 aliphatic carbocycles. The van der Waals surface area contributed by atoms with Crippen molar-refractivity contribution in [3.8, 4) is 24.3 Å². The first-order valence-corrected chi connectivity index (χ1v) is 20.9. The standard InChI is InChI=1S/C52H49F3N6O3/c1-6-60(7-2)44-25-21-38(22-26-44)30-41(33-56)49(62)63-28-27-61(8-3)45-23-19-37(20-24-45)17-18-40-29-39(31-50(4,5)32-40)13-12-16-47-46(36-59)48(42(34-57)35-58)64-51(47,52(53,54)55)43-14-10-9-11-15-43/h9-26,29-30H,6-8,27-28,31-32H2,1-5H3/b16-12+,18-17+,39-13+,41-30+. The minimum absolute atomic E-state index is 0.0768. The third-order valence-corrected chi connectivity index (χ3v) is 11.0. The number of benzene rings is 3. The van der Waals surface area contributed by atoms with Crippen molar-refractivity contribution in [2.75, 3.05) is 42.6 Å². The molecule has 1 unspecified atom stereocenters. The van der Waals surface area contributed by atoms with Crippen molar-refractivity contribution in [3.05, 3.63) is 165 Å². The minimum atomic E-state index is -5.08. The second kappa shape index (κ2) is 21.0. The molecule has 0 amide bonds. The zero-order valence-corrected chi connectivity index (χ0v) is 36.5. The van der Waals surface area contributed by atoms with E-state index < -0.39 is 40.2 Å². The van der Waals surface area contributed by atoms with Gasteiger partial charge in [-0.15, -0.1) is 0 Å². The molecular formula is C52H49F3N6O3. The molecule has 1 aliphatic heterocycles. The lowest BCUT2D eigenvalue weighted by Gasteiger charge is -2.33. The summed E-state index contributed by atoms with van der Waals surface area (Å²) in [5, 5.41) is 38.9. The number of likely N-dealkylation sites (N-methyl/N-ethyl adjacent to an activating group) is 1. The monoisotopic (exact) mass is 862 g/mol. The molecule has 12 heteroatoms. The Morgan fingerprint density at radius 3 is 1.97 bits per heavy atom. The predicted octanol–water partition coefficient (Wildman–Crippen LogP) is 11.4. The molecule has 3 aromatic rings. The van der Waals surface area contributed by atoms with Crippen LogP contribution in [-0.2, 0) is 19.9 Å². The number of carbonyl (C=O) groups excluding carboxylic acids is 1. The molecule has 5 rings (SSSR count). The Bertz CT molecular complexity index is 2570. The summed E-state index contributed by atoms with van der Waals surface area (Å²) in [5.41, 5.74) is 0.0316. The predicted molar refractivity (Wildman–Crippen MR) is 242 cm³/mol. The zero-order chi connectivity index (χ0) is 46.5. The molecule has 326 valence electrons. The van der Waals surface area contributed by atoms with Crippen LogP contribution in [0.4, 0.5) is 24.5 Å². The molecule has 9 nitrogen and oxygen atoms in total. The number of rotatable bonds is 15. The van der Waals surface area contributed by atoms with Gasteiger partial charge in [-0.1, -0.05) is 105 Å². The van der Waals surface area contributed by atoms with Crippen molar-refractivity contribution in [2.24, 2.45) is 5.41 Å². The summed E-state index contributed by atoms with van der Waals surface area (Å²) < 4.78 is 56.6. The number of allylic oxidation sites excluding steroid dienone is 8. The molecule has 0 saturated carbocycles. The van der Waals surface area contributed by atoms with Crippen LogP contribution >= 0.6 is 0 Å². The van der Waals surface area contributed by atoms with Crippen molar-refractivity contribution in [1.29, 1.82) is 21.0 Å². The number of nitriles is 4. The van der Waals surface area contributed by atoms with Crippen molar-refractivity contribution in [3.63, 3.8) is 0 Å². The molecule has 3 aromatic carbocycles. The van der Waals surface area contributed by atoms with Gasteiger partial charge >= 0.3 is 12.1 Å². The Kier molecular flexibility index (Phi) is 15.6. The van der Waals surface area contributed by atoms with Gasteiger partial charge in [-0.3, -0.25) is 0 Å². The normalized spacial score (nSPS) is 17.9. The molecule has 0 saturated heterocycles. The van der Waals surface area contributed by atoms with Crippen molar-refractivity contribution in [1.82, 2.24) is 0 Å².